The van der Waals surface area contributed by atoms with Gasteiger partial charge in [-0.25, -0.2) is 4.98 Å². The fourth-order valence-electron chi connectivity index (χ4n) is 3.31. The van der Waals surface area contributed by atoms with Crippen LogP contribution in [0.5, 0.6) is 0 Å². The third-order valence-electron chi connectivity index (χ3n) is 4.52. The fourth-order valence-corrected chi connectivity index (χ4v) is 3.31. The van der Waals surface area contributed by atoms with E-state index in [2.05, 4.69) is 51.3 Å². The van der Waals surface area contributed by atoms with Gasteiger partial charge in [-0.05, 0) is 37.1 Å². The first-order chi connectivity index (χ1) is 11.4. The van der Waals surface area contributed by atoms with E-state index in [4.69, 9.17) is 4.99 Å². The van der Waals surface area contributed by atoms with Crippen molar-refractivity contribution >= 4 is 17.3 Å². The minimum Gasteiger partial charge on any atom is -0.369 e. The summed E-state index contributed by atoms with van der Waals surface area (Å²) >= 11 is 0. The second kappa shape index (κ2) is 6.01. The number of benzene rings is 1. The van der Waals surface area contributed by atoms with Crippen molar-refractivity contribution in [2.75, 3.05) is 23.7 Å². The predicted octanol–water partition coefficient (Wildman–Crippen LogP) is 2.64. The Morgan fingerprint density at radius 2 is 2.04 bits per heavy atom. The summed E-state index contributed by atoms with van der Waals surface area (Å²) in [5.41, 5.74) is 2.10. The Kier molecular flexibility index (Phi) is 3.71. The standard InChI is InChI=1S/C18H21N5/c1-2-6-14(7-3-1)12-21-17-18(9-5-10-19-13-18)23-15-8-4-11-20-16(15)22-17/h1-4,6-8,11,19,23H,5,9-10,12-13H2,(H,20,21,22). The van der Waals surface area contributed by atoms with Gasteiger partial charge in [-0.15, -0.1) is 0 Å². The molecule has 1 aromatic heterocycles. The Bertz CT molecular complexity index is 704. The number of hydrogen-bond donors (Lipinski definition) is 3. The first-order valence-electron chi connectivity index (χ1n) is 8.16. The number of aliphatic imine (C=N–C) groups is 1. The highest BCUT2D eigenvalue weighted by molar-refractivity contribution is 6.08. The van der Waals surface area contributed by atoms with Crippen LogP contribution in [-0.2, 0) is 6.54 Å². The molecule has 5 heteroatoms. The fraction of sp³-hybridized carbons (Fsp3) is 0.333. The van der Waals surface area contributed by atoms with Gasteiger partial charge in [0.2, 0.25) is 0 Å². The molecule has 0 saturated carbocycles. The van der Waals surface area contributed by atoms with Gasteiger partial charge in [0.15, 0.2) is 5.82 Å². The van der Waals surface area contributed by atoms with Crippen molar-refractivity contribution in [3.05, 3.63) is 54.2 Å². The van der Waals surface area contributed by atoms with E-state index < -0.39 is 0 Å². The minimum absolute atomic E-state index is 0.164. The zero-order valence-corrected chi connectivity index (χ0v) is 13.0. The number of fused-ring (bicyclic) bond motifs is 1. The molecule has 2 aliphatic rings. The molecule has 0 bridgehead atoms. The van der Waals surface area contributed by atoms with Crippen LogP contribution in [-0.4, -0.2) is 29.4 Å². The van der Waals surface area contributed by atoms with E-state index in [9.17, 15) is 0 Å². The second-order valence-electron chi connectivity index (χ2n) is 6.16. The summed E-state index contributed by atoms with van der Waals surface area (Å²) < 4.78 is 0. The summed E-state index contributed by atoms with van der Waals surface area (Å²) in [7, 11) is 0. The number of pyridine rings is 1. The highest BCUT2D eigenvalue weighted by Crippen LogP contribution is 2.33. The molecular weight excluding hydrogens is 286 g/mol. The lowest BCUT2D eigenvalue weighted by atomic mass is 9.86. The molecule has 3 heterocycles. The molecule has 1 aromatic carbocycles. The van der Waals surface area contributed by atoms with Crippen LogP contribution in [0.1, 0.15) is 18.4 Å². The monoisotopic (exact) mass is 307 g/mol. The van der Waals surface area contributed by atoms with Crippen LogP contribution in [0, 0.1) is 0 Å². The van der Waals surface area contributed by atoms with Crippen LogP contribution in [0.25, 0.3) is 0 Å². The van der Waals surface area contributed by atoms with E-state index in [1.54, 1.807) is 6.20 Å². The summed E-state index contributed by atoms with van der Waals surface area (Å²) in [6, 6.07) is 14.4. The van der Waals surface area contributed by atoms with Crippen molar-refractivity contribution in [1.82, 2.24) is 10.3 Å². The molecule has 0 amide bonds. The summed E-state index contributed by atoms with van der Waals surface area (Å²) in [4.78, 5) is 9.32. The van der Waals surface area contributed by atoms with Gasteiger partial charge in [-0.3, -0.25) is 4.99 Å². The quantitative estimate of drug-likeness (QED) is 0.798. The molecule has 2 aliphatic heterocycles. The lowest BCUT2D eigenvalue weighted by Gasteiger charge is -2.43. The Morgan fingerprint density at radius 3 is 2.87 bits per heavy atom. The molecule has 1 unspecified atom stereocenters. The first kappa shape index (κ1) is 14.2. The molecule has 1 spiro atoms. The number of nitrogens with one attached hydrogen (secondary N) is 3. The SMILES string of the molecule is c1ccc(CN=C2Nc3ncccc3NC23CCCNC3)cc1. The molecule has 1 atom stereocenters. The van der Waals surface area contributed by atoms with Gasteiger partial charge in [0.25, 0.3) is 0 Å². The highest BCUT2D eigenvalue weighted by atomic mass is 15.2. The van der Waals surface area contributed by atoms with E-state index in [0.717, 1.165) is 43.3 Å². The molecule has 1 saturated heterocycles. The second-order valence-corrected chi connectivity index (χ2v) is 6.16. The lowest BCUT2D eigenvalue weighted by Crippen LogP contribution is -2.61. The summed E-state index contributed by atoms with van der Waals surface area (Å²) in [5, 5.41) is 10.6. The Labute approximate surface area is 136 Å². The van der Waals surface area contributed by atoms with Crippen molar-refractivity contribution < 1.29 is 0 Å². The van der Waals surface area contributed by atoms with Gasteiger partial charge in [-0.2, -0.15) is 0 Å². The number of nitrogens with zero attached hydrogens (tertiary/aromatic N) is 2. The maximum Gasteiger partial charge on any atom is 0.154 e. The molecule has 23 heavy (non-hydrogen) atoms. The van der Waals surface area contributed by atoms with Crippen LogP contribution in [0.3, 0.4) is 0 Å². The topological polar surface area (TPSA) is 61.3 Å². The van der Waals surface area contributed by atoms with Crippen LogP contribution >= 0.6 is 0 Å². The van der Waals surface area contributed by atoms with Gasteiger partial charge in [0.05, 0.1) is 12.2 Å². The number of amidine groups is 1. The van der Waals surface area contributed by atoms with Crippen molar-refractivity contribution in [2.45, 2.75) is 24.9 Å². The van der Waals surface area contributed by atoms with Crippen LogP contribution in [0.4, 0.5) is 11.5 Å². The molecule has 4 rings (SSSR count). The van der Waals surface area contributed by atoms with Crippen molar-refractivity contribution in [2.24, 2.45) is 4.99 Å². The van der Waals surface area contributed by atoms with E-state index in [1.165, 1.54) is 5.56 Å². The number of piperidine rings is 1. The lowest BCUT2D eigenvalue weighted by molar-refractivity contribution is 0.421. The van der Waals surface area contributed by atoms with Crippen LogP contribution in [0.15, 0.2) is 53.7 Å². The molecular formula is C18H21N5. The molecule has 0 radical (unpaired) electrons. The van der Waals surface area contributed by atoms with E-state index >= 15 is 0 Å². The highest BCUT2D eigenvalue weighted by Gasteiger charge is 2.41. The number of rotatable bonds is 2. The minimum atomic E-state index is -0.164. The van der Waals surface area contributed by atoms with E-state index in [-0.39, 0.29) is 5.54 Å². The molecule has 0 aliphatic carbocycles. The van der Waals surface area contributed by atoms with E-state index in [1.807, 2.05) is 12.1 Å². The zero-order valence-electron chi connectivity index (χ0n) is 13.0. The molecule has 2 aromatic rings. The third-order valence-corrected chi connectivity index (χ3v) is 4.52. The predicted molar refractivity (Wildman–Crippen MR) is 93.9 cm³/mol. The number of aromatic nitrogens is 1. The Balaban J connectivity index is 1.67. The molecule has 5 nitrogen and oxygen atoms in total. The average molecular weight is 307 g/mol. The average Bonchev–Trinajstić information content (AvgIpc) is 2.61. The number of anilines is 2. The zero-order chi connectivity index (χ0) is 15.5. The Morgan fingerprint density at radius 1 is 1.13 bits per heavy atom. The summed E-state index contributed by atoms with van der Waals surface area (Å²) in [5.74, 6) is 1.84. The van der Waals surface area contributed by atoms with Crippen LogP contribution in [0.2, 0.25) is 0 Å². The smallest absolute Gasteiger partial charge is 0.154 e. The van der Waals surface area contributed by atoms with Gasteiger partial charge in [-0.1, -0.05) is 30.3 Å². The van der Waals surface area contributed by atoms with Crippen molar-refractivity contribution in [1.29, 1.82) is 0 Å². The third kappa shape index (κ3) is 2.80. The maximum atomic E-state index is 4.89. The molecule has 118 valence electrons. The Hall–Kier alpha value is -2.40. The van der Waals surface area contributed by atoms with Crippen molar-refractivity contribution in [3.63, 3.8) is 0 Å². The molecule has 1 fully saturated rings. The van der Waals surface area contributed by atoms with Crippen molar-refractivity contribution in [3.8, 4) is 0 Å². The van der Waals surface area contributed by atoms with Gasteiger partial charge in [0, 0.05) is 12.7 Å². The summed E-state index contributed by atoms with van der Waals surface area (Å²) in [6.45, 7) is 2.62. The summed E-state index contributed by atoms with van der Waals surface area (Å²) in [6.07, 6.45) is 4.00. The van der Waals surface area contributed by atoms with Gasteiger partial charge >= 0.3 is 0 Å². The van der Waals surface area contributed by atoms with Gasteiger partial charge < -0.3 is 16.0 Å². The largest absolute Gasteiger partial charge is 0.369 e. The normalized spacial score (nSPS) is 24.8. The maximum absolute atomic E-state index is 4.89. The van der Waals surface area contributed by atoms with Crippen LogP contribution < -0.4 is 16.0 Å². The van der Waals surface area contributed by atoms with Gasteiger partial charge in [0.1, 0.15) is 11.4 Å². The first-order valence-corrected chi connectivity index (χ1v) is 8.16. The number of hydrogen-bond acceptors (Lipinski definition) is 4. The molecule has 3 N–H and O–H groups in total. The van der Waals surface area contributed by atoms with E-state index in [0.29, 0.717) is 6.54 Å².